The Labute approximate surface area is 124 Å². The molecule has 0 aliphatic carbocycles. The largest absolute Gasteiger partial charge is 0.482 e. The summed E-state index contributed by atoms with van der Waals surface area (Å²) in [6.07, 6.45) is 0.663. The molecule has 4 rings (SSSR count). The summed E-state index contributed by atoms with van der Waals surface area (Å²) in [5.74, 6) is 1.64. The van der Waals surface area contributed by atoms with Gasteiger partial charge in [0, 0.05) is 6.42 Å². The van der Waals surface area contributed by atoms with E-state index in [-0.39, 0.29) is 11.3 Å². The maximum absolute atomic E-state index is 5.96. The highest BCUT2D eigenvalue weighted by atomic mass is 35.5. The summed E-state index contributed by atoms with van der Waals surface area (Å²) in [5.41, 5.74) is 2.49. The highest BCUT2D eigenvalue weighted by Crippen LogP contribution is 2.36. The fraction of sp³-hybridized carbons (Fsp3) is 0.143. The normalized spacial score (nSPS) is 17.2. The van der Waals surface area contributed by atoms with Crippen LogP contribution in [0.3, 0.4) is 0 Å². The van der Waals surface area contributed by atoms with Crippen LogP contribution >= 0.6 is 23.2 Å². The van der Waals surface area contributed by atoms with Crippen LogP contribution in [0.25, 0.3) is 11.2 Å². The molecule has 0 radical (unpaired) electrons. The molecule has 3 aromatic rings. The number of imidazole rings is 1. The molecule has 1 aliphatic rings. The van der Waals surface area contributed by atoms with E-state index in [4.69, 9.17) is 27.9 Å². The number of nitrogens with zero attached hydrogens (tertiary/aromatic N) is 2. The maximum Gasteiger partial charge on any atom is 0.179 e. The standard InChI is InChI=1S/C14H9Cl2N3O/c15-8-6-9-13(18-12(8)16)19-14(17-9)11-5-7-3-1-2-4-10(7)20-11/h1-4,6,11H,5H2,(H,17,18,19). The fourth-order valence-electron chi connectivity index (χ4n) is 2.40. The van der Waals surface area contributed by atoms with Crippen LogP contribution in [-0.2, 0) is 6.42 Å². The number of pyridine rings is 1. The van der Waals surface area contributed by atoms with Crippen molar-refractivity contribution in [2.24, 2.45) is 0 Å². The molecule has 0 saturated heterocycles. The fourth-order valence-corrected chi connectivity index (χ4v) is 2.69. The van der Waals surface area contributed by atoms with Crippen molar-refractivity contribution < 1.29 is 4.74 Å². The van der Waals surface area contributed by atoms with Gasteiger partial charge in [0.15, 0.2) is 17.6 Å². The monoisotopic (exact) mass is 305 g/mol. The van der Waals surface area contributed by atoms with Crippen molar-refractivity contribution in [2.75, 3.05) is 0 Å². The van der Waals surface area contributed by atoms with E-state index in [0.717, 1.165) is 23.5 Å². The van der Waals surface area contributed by atoms with Gasteiger partial charge >= 0.3 is 0 Å². The average molecular weight is 306 g/mol. The van der Waals surface area contributed by atoms with E-state index >= 15 is 0 Å². The van der Waals surface area contributed by atoms with Crippen molar-refractivity contribution in [1.82, 2.24) is 15.0 Å². The number of aromatic amines is 1. The third-order valence-corrected chi connectivity index (χ3v) is 4.03. The van der Waals surface area contributed by atoms with Crippen LogP contribution in [0.1, 0.15) is 17.5 Å². The van der Waals surface area contributed by atoms with Gasteiger partial charge in [-0.05, 0) is 17.7 Å². The number of benzene rings is 1. The van der Waals surface area contributed by atoms with Crippen molar-refractivity contribution in [1.29, 1.82) is 0 Å². The smallest absolute Gasteiger partial charge is 0.179 e. The van der Waals surface area contributed by atoms with Crippen LogP contribution < -0.4 is 4.74 Å². The summed E-state index contributed by atoms with van der Waals surface area (Å²) in [7, 11) is 0. The lowest BCUT2D eigenvalue weighted by Crippen LogP contribution is -2.05. The van der Waals surface area contributed by atoms with E-state index in [1.165, 1.54) is 5.56 Å². The molecule has 6 heteroatoms. The molecular weight excluding hydrogens is 297 g/mol. The first-order valence-electron chi connectivity index (χ1n) is 6.17. The van der Waals surface area contributed by atoms with E-state index in [2.05, 4.69) is 21.0 Å². The highest BCUT2D eigenvalue weighted by molar-refractivity contribution is 6.41. The number of rotatable bonds is 1. The molecule has 1 unspecified atom stereocenters. The zero-order chi connectivity index (χ0) is 13.7. The summed E-state index contributed by atoms with van der Waals surface area (Å²) in [5, 5.41) is 0.665. The molecular formula is C14H9Cl2N3O. The number of nitrogens with one attached hydrogen (secondary N) is 1. The Hall–Kier alpha value is -1.78. The summed E-state index contributed by atoms with van der Waals surface area (Å²) >= 11 is 11.9. The number of hydrogen-bond acceptors (Lipinski definition) is 3. The number of ether oxygens (including phenoxy) is 1. The lowest BCUT2D eigenvalue weighted by molar-refractivity contribution is 0.229. The minimum Gasteiger partial charge on any atom is -0.482 e. The van der Waals surface area contributed by atoms with E-state index in [9.17, 15) is 0 Å². The van der Waals surface area contributed by atoms with Gasteiger partial charge in [-0.2, -0.15) is 0 Å². The molecule has 1 atom stereocenters. The molecule has 0 bridgehead atoms. The Morgan fingerprint density at radius 1 is 1.20 bits per heavy atom. The quantitative estimate of drug-likeness (QED) is 0.693. The molecule has 1 N–H and O–H groups in total. The molecule has 100 valence electrons. The number of para-hydroxylation sites is 1. The first kappa shape index (κ1) is 12.0. The number of fused-ring (bicyclic) bond motifs is 2. The van der Waals surface area contributed by atoms with Gasteiger partial charge in [-0.15, -0.1) is 0 Å². The van der Waals surface area contributed by atoms with Gasteiger partial charge in [0.05, 0.1) is 10.5 Å². The summed E-state index contributed by atoms with van der Waals surface area (Å²) in [6, 6.07) is 9.71. The summed E-state index contributed by atoms with van der Waals surface area (Å²) < 4.78 is 5.90. The third kappa shape index (κ3) is 1.84. The van der Waals surface area contributed by atoms with Crippen molar-refractivity contribution >= 4 is 34.4 Å². The second-order valence-electron chi connectivity index (χ2n) is 4.67. The SMILES string of the molecule is Clc1cc2[nH]c(C3Cc4ccccc4O3)nc2nc1Cl. The van der Waals surface area contributed by atoms with E-state index in [1.807, 2.05) is 18.2 Å². The lowest BCUT2D eigenvalue weighted by atomic mass is 10.1. The number of aromatic nitrogens is 3. The van der Waals surface area contributed by atoms with E-state index in [0.29, 0.717) is 10.7 Å². The van der Waals surface area contributed by atoms with Crippen LogP contribution in [0.5, 0.6) is 5.75 Å². The van der Waals surface area contributed by atoms with Gasteiger partial charge in [0.1, 0.15) is 10.9 Å². The molecule has 3 heterocycles. The molecule has 0 amide bonds. The zero-order valence-electron chi connectivity index (χ0n) is 10.2. The van der Waals surface area contributed by atoms with Gasteiger partial charge in [0.25, 0.3) is 0 Å². The second-order valence-corrected chi connectivity index (χ2v) is 5.44. The highest BCUT2D eigenvalue weighted by Gasteiger charge is 2.26. The van der Waals surface area contributed by atoms with Crippen molar-refractivity contribution in [3.63, 3.8) is 0 Å². The average Bonchev–Trinajstić information content (AvgIpc) is 3.02. The van der Waals surface area contributed by atoms with Crippen LogP contribution in [0, 0.1) is 0 Å². The molecule has 4 nitrogen and oxygen atoms in total. The molecule has 20 heavy (non-hydrogen) atoms. The van der Waals surface area contributed by atoms with Gasteiger partial charge < -0.3 is 9.72 Å². The summed E-state index contributed by atoms with van der Waals surface area (Å²) in [6.45, 7) is 0. The summed E-state index contributed by atoms with van der Waals surface area (Å²) in [4.78, 5) is 11.8. The van der Waals surface area contributed by atoms with Gasteiger partial charge in [0.2, 0.25) is 0 Å². The Morgan fingerprint density at radius 2 is 2.05 bits per heavy atom. The molecule has 1 aromatic carbocycles. The molecule has 0 fully saturated rings. The van der Waals surface area contributed by atoms with Crippen LogP contribution in [-0.4, -0.2) is 15.0 Å². The number of halogens is 2. The van der Waals surface area contributed by atoms with Gasteiger partial charge in [-0.3, -0.25) is 0 Å². The maximum atomic E-state index is 5.96. The lowest BCUT2D eigenvalue weighted by Gasteiger charge is -2.06. The van der Waals surface area contributed by atoms with Gasteiger partial charge in [-0.1, -0.05) is 41.4 Å². The van der Waals surface area contributed by atoms with E-state index < -0.39 is 0 Å². The number of hydrogen-bond donors (Lipinski definition) is 1. The minimum absolute atomic E-state index is 0.126. The van der Waals surface area contributed by atoms with Crippen molar-refractivity contribution in [3.8, 4) is 5.75 Å². The third-order valence-electron chi connectivity index (χ3n) is 3.35. The first-order chi connectivity index (χ1) is 9.70. The van der Waals surface area contributed by atoms with Crippen LogP contribution in [0.4, 0.5) is 0 Å². The molecule has 0 spiro atoms. The first-order valence-corrected chi connectivity index (χ1v) is 6.92. The van der Waals surface area contributed by atoms with Crippen LogP contribution in [0.15, 0.2) is 30.3 Å². The molecule has 1 aliphatic heterocycles. The number of H-pyrrole nitrogens is 1. The Bertz CT molecular complexity index is 751. The van der Waals surface area contributed by atoms with Crippen LogP contribution in [0.2, 0.25) is 10.2 Å². The molecule has 2 aromatic heterocycles. The van der Waals surface area contributed by atoms with E-state index in [1.54, 1.807) is 6.07 Å². The second kappa shape index (κ2) is 4.36. The minimum atomic E-state index is -0.126. The predicted molar refractivity (Wildman–Crippen MR) is 77.4 cm³/mol. The topological polar surface area (TPSA) is 50.8 Å². The predicted octanol–water partition coefficient (Wildman–Crippen LogP) is 3.94. The Balaban J connectivity index is 1.74. The van der Waals surface area contributed by atoms with Crippen molar-refractivity contribution in [2.45, 2.75) is 12.5 Å². The van der Waals surface area contributed by atoms with Gasteiger partial charge in [-0.25, -0.2) is 9.97 Å². The van der Waals surface area contributed by atoms with Crippen molar-refractivity contribution in [3.05, 3.63) is 51.9 Å². The Morgan fingerprint density at radius 3 is 2.90 bits per heavy atom. The zero-order valence-corrected chi connectivity index (χ0v) is 11.7. The molecule has 0 saturated carbocycles. The Kier molecular flexibility index (Phi) is 2.62.